The fraction of sp³-hybridized carbons (Fsp3) is 0. The van der Waals surface area contributed by atoms with Crippen LogP contribution in [-0.2, 0) is 0 Å². The number of nitrogens with two attached hydrogens (primary N) is 1. The van der Waals surface area contributed by atoms with E-state index in [1.54, 1.807) is 24.5 Å². The van der Waals surface area contributed by atoms with Crippen LogP contribution >= 0.6 is 0 Å². The molecule has 0 fully saturated rings. The molecule has 2 nitrogen and oxygen atoms in total. The van der Waals surface area contributed by atoms with Crippen LogP contribution in [0.1, 0.15) is 0 Å². The predicted molar refractivity (Wildman–Crippen MR) is 38.8 cm³/mol. The maximum atomic E-state index is 9.75. The monoisotopic (exact) mass is 181 g/mol. The molecule has 0 saturated heterocycles. The minimum absolute atomic E-state index is 0.759. The van der Waals surface area contributed by atoms with Crippen molar-refractivity contribution >= 4 is 12.9 Å². The van der Waals surface area contributed by atoms with Crippen LogP contribution in [-0.4, -0.2) is 12.2 Å². The van der Waals surface area contributed by atoms with Gasteiger partial charge in [-0.1, -0.05) is 0 Å². The summed E-state index contributed by atoms with van der Waals surface area (Å²) < 4.78 is 39.0. The van der Waals surface area contributed by atoms with Gasteiger partial charge in [-0.3, -0.25) is 4.98 Å². The van der Waals surface area contributed by atoms with Gasteiger partial charge in [0.2, 0.25) is 0 Å². The van der Waals surface area contributed by atoms with Gasteiger partial charge >= 0.3 is 7.25 Å². The highest BCUT2D eigenvalue weighted by molar-refractivity contribution is 6.50. The first-order valence-corrected chi connectivity index (χ1v) is 2.92. The minimum Gasteiger partial charge on any atom is -0.418 e. The van der Waals surface area contributed by atoms with Gasteiger partial charge in [0.15, 0.2) is 0 Å². The molecule has 0 atom stereocenters. The summed E-state index contributed by atoms with van der Waals surface area (Å²) in [5, 5.41) is 0. The van der Waals surface area contributed by atoms with Gasteiger partial charge in [-0.15, -0.1) is 0 Å². The zero-order valence-corrected chi connectivity index (χ0v) is 5.92. The van der Waals surface area contributed by atoms with E-state index in [0.29, 0.717) is 0 Å². The lowest BCUT2D eigenvalue weighted by atomic mass is 10.3. The van der Waals surface area contributed by atoms with Crippen molar-refractivity contribution < 1.29 is 17.3 Å². The Morgan fingerprint density at radius 1 is 1.08 bits per heavy atom. The van der Waals surface area contributed by atoms with Crippen molar-refractivity contribution in [2.75, 3.05) is 5.73 Å². The molecule has 1 heterocycles. The number of hydrogen-bond donors (Lipinski definition) is 1. The average Bonchev–Trinajstić information content (AvgIpc) is 1.85. The molecule has 12 heavy (non-hydrogen) atoms. The van der Waals surface area contributed by atoms with Gasteiger partial charge in [0.05, 0.1) is 0 Å². The average molecular weight is 181 g/mol. The van der Waals surface area contributed by atoms with Crippen molar-refractivity contribution in [3.05, 3.63) is 24.5 Å². The summed E-state index contributed by atoms with van der Waals surface area (Å²) in [5.41, 5.74) is 6.08. The Bertz CT molecular complexity index is 206. The molecule has 0 aromatic carbocycles. The fourth-order valence-electron chi connectivity index (χ4n) is 0.363. The van der Waals surface area contributed by atoms with Crippen LogP contribution in [0.5, 0.6) is 0 Å². The molecule has 2 N–H and O–H groups in total. The lowest BCUT2D eigenvalue weighted by Gasteiger charge is -1.94. The van der Waals surface area contributed by atoms with E-state index >= 15 is 0 Å². The number of nitrogens with zero attached hydrogens (tertiary/aromatic N) is 1. The molecule has 1 aromatic heterocycles. The molecule has 0 spiro atoms. The standard InChI is InChI=1S/C5H6N2.BF4/c6-5-1-3-7-4-2-5;2-1(3,4)5/h1-4H,(H2,6,7);/q;-1. The third-order valence-electron chi connectivity index (χ3n) is 0.706. The molecule has 1 aromatic rings. The summed E-state index contributed by atoms with van der Waals surface area (Å²) >= 11 is 0. The predicted octanol–water partition coefficient (Wildman–Crippen LogP) is 1.96. The highest BCUT2D eigenvalue weighted by Crippen LogP contribution is 2.06. The van der Waals surface area contributed by atoms with Gasteiger partial charge in [0.1, 0.15) is 0 Å². The Balaban J connectivity index is 0.000000217. The zero-order valence-electron chi connectivity index (χ0n) is 5.92. The van der Waals surface area contributed by atoms with Crippen LogP contribution in [0.25, 0.3) is 0 Å². The Morgan fingerprint density at radius 2 is 1.42 bits per heavy atom. The van der Waals surface area contributed by atoms with Crippen molar-refractivity contribution in [3.63, 3.8) is 0 Å². The van der Waals surface area contributed by atoms with Gasteiger partial charge in [-0.2, -0.15) is 0 Å². The van der Waals surface area contributed by atoms with E-state index in [1.807, 2.05) is 0 Å². The van der Waals surface area contributed by atoms with Crippen molar-refractivity contribution in [1.82, 2.24) is 4.98 Å². The first-order valence-electron chi connectivity index (χ1n) is 2.92. The van der Waals surface area contributed by atoms with Crippen LogP contribution in [0.3, 0.4) is 0 Å². The molecule has 0 aliphatic rings. The van der Waals surface area contributed by atoms with Crippen LogP contribution in [0, 0.1) is 0 Å². The van der Waals surface area contributed by atoms with Crippen molar-refractivity contribution in [1.29, 1.82) is 0 Å². The van der Waals surface area contributed by atoms with E-state index in [9.17, 15) is 17.3 Å². The molecule has 0 radical (unpaired) electrons. The molecule has 0 unspecified atom stereocenters. The quantitative estimate of drug-likeness (QED) is 0.490. The molecule has 0 aliphatic heterocycles. The van der Waals surface area contributed by atoms with Crippen LogP contribution in [0.2, 0.25) is 0 Å². The Labute approximate surface area is 66.5 Å². The van der Waals surface area contributed by atoms with E-state index < -0.39 is 7.25 Å². The van der Waals surface area contributed by atoms with E-state index in [4.69, 9.17) is 5.73 Å². The lowest BCUT2D eigenvalue weighted by molar-refractivity contribution is 0.368. The lowest BCUT2D eigenvalue weighted by Crippen LogP contribution is -2.02. The van der Waals surface area contributed by atoms with E-state index in [1.165, 1.54) is 0 Å². The van der Waals surface area contributed by atoms with Crippen LogP contribution in [0.4, 0.5) is 23.0 Å². The summed E-state index contributed by atoms with van der Waals surface area (Å²) in [6, 6.07) is 3.50. The highest BCUT2D eigenvalue weighted by atomic mass is 19.5. The van der Waals surface area contributed by atoms with Crippen LogP contribution < -0.4 is 5.73 Å². The minimum atomic E-state index is -6.00. The van der Waals surface area contributed by atoms with Gasteiger partial charge in [-0.05, 0) is 12.1 Å². The first-order chi connectivity index (χ1) is 5.39. The third kappa shape index (κ3) is 11.5. The zero-order chi connectivity index (χ0) is 9.61. The number of aromatic nitrogens is 1. The summed E-state index contributed by atoms with van der Waals surface area (Å²) in [5.74, 6) is 0. The molecule has 68 valence electrons. The van der Waals surface area contributed by atoms with Gasteiger partial charge < -0.3 is 23.0 Å². The Hall–Kier alpha value is -1.27. The van der Waals surface area contributed by atoms with E-state index in [-0.39, 0.29) is 0 Å². The largest absolute Gasteiger partial charge is 0.673 e. The number of halogens is 4. The number of rotatable bonds is 0. The number of pyridine rings is 1. The SMILES string of the molecule is F[B-](F)(F)F.Nc1ccncc1. The molecular formula is C5H6BF4N2-. The molecule has 0 amide bonds. The molecule has 0 aliphatic carbocycles. The van der Waals surface area contributed by atoms with Gasteiger partial charge in [-0.25, -0.2) is 0 Å². The van der Waals surface area contributed by atoms with Crippen molar-refractivity contribution in [2.24, 2.45) is 0 Å². The summed E-state index contributed by atoms with van der Waals surface area (Å²) in [4.78, 5) is 3.77. The maximum absolute atomic E-state index is 9.75. The fourth-order valence-corrected chi connectivity index (χ4v) is 0.363. The molecule has 0 bridgehead atoms. The maximum Gasteiger partial charge on any atom is 0.673 e. The van der Waals surface area contributed by atoms with Crippen molar-refractivity contribution in [3.8, 4) is 0 Å². The van der Waals surface area contributed by atoms with E-state index in [2.05, 4.69) is 4.98 Å². The van der Waals surface area contributed by atoms with Crippen molar-refractivity contribution in [2.45, 2.75) is 0 Å². The highest BCUT2D eigenvalue weighted by Gasteiger charge is 2.20. The first kappa shape index (κ1) is 10.7. The molecule has 7 heteroatoms. The van der Waals surface area contributed by atoms with Gasteiger partial charge in [0, 0.05) is 18.1 Å². The number of anilines is 1. The number of nitrogen functional groups attached to an aromatic ring is 1. The smallest absolute Gasteiger partial charge is 0.418 e. The molecule has 1 rings (SSSR count). The second-order valence-electron chi connectivity index (χ2n) is 1.78. The molecular weight excluding hydrogens is 175 g/mol. The summed E-state index contributed by atoms with van der Waals surface area (Å²) in [7, 11) is -6.00. The summed E-state index contributed by atoms with van der Waals surface area (Å²) in [6.45, 7) is 0. The normalized spacial score (nSPS) is 10.0. The Morgan fingerprint density at radius 3 is 1.58 bits per heavy atom. The summed E-state index contributed by atoms with van der Waals surface area (Å²) in [6.07, 6.45) is 3.32. The van der Waals surface area contributed by atoms with Crippen LogP contribution in [0.15, 0.2) is 24.5 Å². The second-order valence-corrected chi connectivity index (χ2v) is 1.78. The third-order valence-corrected chi connectivity index (χ3v) is 0.706. The topological polar surface area (TPSA) is 38.9 Å². The molecule has 0 saturated carbocycles. The second kappa shape index (κ2) is 4.58. The van der Waals surface area contributed by atoms with E-state index in [0.717, 1.165) is 5.69 Å². The Kier molecular flexibility index (Phi) is 4.10. The van der Waals surface area contributed by atoms with Gasteiger partial charge in [0.25, 0.3) is 0 Å². The number of hydrogen-bond acceptors (Lipinski definition) is 2.